The molecule has 1 saturated heterocycles. The molecule has 0 aromatic heterocycles. The van der Waals surface area contributed by atoms with E-state index in [9.17, 15) is 19.3 Å². The van der Waals surface area contributed by atoms with Gasteiger partial charge in [0.2, 0.25) is 11.8 Å². The average molecular weight is 435 g/mol. The molecule has 4 atom stereocenters. The minimum absolute atomic E-state index is 0.00699. The molecule has 2 unspecified atom stereocenters. The number of amides is 2. The molecule has 1 heterocycles. The van der Waals surface area contributed by atoms with Crippen LogP contribution in [0.3, 0.4) is 0 Å². The first-order valence-electron chi connectivity index (χ1n) is 10.3. The number of rotatable bonds is 7. The number of fused-ring (bicyclic) bond motifs is 3. The van der Waals surface area contributed by atoms with E-state index in [1.165, 1.54) is 11.0 Å². The molecule has 30 heavy (non-hydrogen) atoms. The van der Waals surface area contributed by atoms with Gasteiger partial charge in [-0.2, -0.15) is 0 Å². The molecule has 1 aromatic rings. The van der Waals surface area contributed by atoms with Crippen molar-refractivity contribution in [3.05, 3.63) is 42.2 Å². The number of aliphatic hydroxyl groups is 1. The number of imide groups is 1. The lowest BCUT2D eigenvalue weighted by Crippen LogP contribution is -2.47. The predicted molar refractivity (Wildman–Crippen MR) is 108 cm³/mol. The molecule has 8 nitrogen and oxygen atoms in total. The lowest BCUT2D eigenvalue weighted by molar-refractivity contribution is -0.127. The molecule has 1 N–H and O–H groups in total. The van der Waals surface area contributed by atoms with Crippen molar-refractivity contribution >= 4 is 25.3 Å². The third kappa shape index (κ3) is 3.32. The standard InChI is InChI=1S/C21H26NO7P/c1-3-27-30(26,28-4-2)29-17-13-15-18(16-11-8-12-21(16,17)25)20(24)22(19(15)23)14-9-6-5-7-10-14/h5-7,9-10,13,15-16,18,25H,3-4,8,11-12H2,1-2H3/t15?,16-,18?,21-/m1/s1. The summed E-state index contributed by atoms with van der Waals surface area (Å²) in [6, 6.07) is 8.73. The van der Waals surface area contributed by atoms with E-state index in [4.69, 9.17) is 13.6 Å². The number of benzene rings is 1. The quantitative estimate of drug-likeness (QED) is 0.517. The van der Waals surface area contributed by atoms with Gasteiger partial charge in [0.15, 0.2) is 0 Å². The highest BCUT2D eigenvalue weighted by molar-refractivity contribution is 7.48. The summed E-state index contributed by atoms with van der Waals surface area (Å²) in [6.45, 7) is 3.50. The van der Waals surface area contributed by atoms with Crippen molar-refractivity contribution < 1.29 is 32.8 Å². The highest BCUT2D eigenvalue weighted by Gasteiger charge is 2.62. The van der Waals surface area contributed by atoms with Crippen LogP contribution in [-0.2, 0) is 27.7 Å². The molecule has 2 amide bonds. The number of hydrogen-bond acceptors (Lipinski definition) is 7. The molecular formula is C21H26NO7P. The SMILES string of the molecule is CCOP(=O)(OCC)OC1=CC2C(=O)N(c3ccccc3)C(=O)C2[C@H]2CCC[C@]12O. The van der Waals surface area contributed by atoms with Crippen molar-refractivity contribution in [1.82, 2.24) is 0 Å². The maximum Gasteiger partial charge on any atom is 0.529 e. The normalized spacial score (nSPS) is 30.8. The largest absolute Gasteiger partial charge is 0.529 e. The fraction of sp³-hybridized carbons (Fsp3) is 0.524. The van der Waals surface area contributed by atoms with E-state index in [2.05, 4.69) is 0 Å². The van der Waals surface area contributed by atoms with Crippen molar-refractivity contribution in [1.29, 1.82) is 0 Å². The Morgan fingerprint density at radius 1 is 1.13 bits per heavy atom. The fourth-order valence-electron chi connectivity index (χ4n) is 4.88. The monoisotopic (exact) mass is 435 g/mol. The number of carbonyl (C=O) groups excluding carboxylic acids is 2. The summed E-state index contributed by atoms with van der Waals surface area (Å²) in [5, 5.41) is 11.5. The summed E-state index contributed by atoms with van der Waals surface area (Å²) in [5.41, 5.74) is -0.998. The molecule has 1 aromatic carbocycles. The zero-order valence-electron chi connectivity index (χ0n) is 17.0. The molecule has 4 rings (SSSR count). The Labute approximate surface area is 175 Å². The number of phosphoric ester groups is 1. The molecule has 2 fully saturated rings. The molecule has 0 radical (unpaired) electrons. The molecular weight excluding hydrogens is 409 g/mol. The molecule has 3 aliphatic rings. The Bertz CT molecular complexity index is 907. The molecule has 2 aliphatic carbocycles. The smallest absolute Gasteiger partial charge is 0.406 e. The highest BCUT2D eigenvalue weighted by Crippen LogP contribution is 2.59. The second-order valence-corrected chi connectivity index (χ2v) is 9.32. The zero-order valence-corrected chi connectivity index (χ0v) is 17.9. The molecule has 0 bridgehead atoms. The van der Waals surface area contributed by atoms with E-state index < -0.39 is 31.2 Å². The first kappa shape index (κ1) is 21.2. The van der Waals surface area contributed by atoms with Crippen LogP contribution < -0.4 is 4.90 Å². The van der Waals surface area contributed by atoms with Crippen LogP contribution in [0, 0.1) is 17.8 Å². The number of nitrogens with zero attached hydrogens (tertiary/aromatic N) is 1. The van der Waals surface area contributed by atoms with Gasteiger partial charge >= 0.3 is 7.82 Å². The maximum absolute atomic E-state index is 13.3. The summed E-state index contributed by atoms with van der Waals surface area (Å²) >= 11 is 0. The Morgan fingerprint density at radius 3 is 2.43 bits per heavy atom. The van der Waals surface area contributed by atoms with E-state index in [1.54, 1.807) is 38.1 Å². The zero-order chi connectivity index (χ0) is 21.5. The van der Waals surface area contributed by atoms with Gasteiger partial charge in [-0.25, -0.2) is 9.46 Å². The van der Waals surface area contributed by atoms with Gasteiger partial charge in [-0.05, 0) is 51.3 Å². The topological polar surface area (TPSA) is 102 Å². The van der Waals surface area contributed by atoms with Crippen LogP contribution in [0.1, 0.15) is 33.1 Å². The first-order chi connectivity index (χ1) is 14.3. The Kier molecular flexibility index (Phi) is 5.62. The van der Waals surface area contributed by atoms with Gasteiger partial charge in [0.25, 0.3) is 0 Å². The van der Waals surface area contributed by atoms with E-state index >= 15 is 0 Å². The van der Waals surface area contributed by atoms with Gasteiger partial charge in [0.05, 0.1) is 30.7 Å². The number of anilines is 1. The van der Waals surface area contributed by atoms with Crippen LogP contribution in [0.15, 0.2) is 42.2 Å². The number of para-hydroxylation sites is 1. The van der Waals surface area contributed by atoms with E-state index in [-0.39, 0.29) is 30.8 Å². The van der Waals surface area contributed by atoms with Gasteiger partial charge in [-0.15, -0.1) is 0 Å². The van der Waals surface area contributed by atoms with E-state index in [0.717, 1.165) is 0 Å². The van der Waals surface area contributed by atoms with Crippen molar-refractivity contribution in [3.63, 3.8) is 0 Å². The lowest BCUT2D eigenvalue weighted by atomic mass is 9.69. The van der Waals surface area contributed by atoms with Crippen LogP contribution in [-0.4, -0.2) is 35.7 Å². The molecule has 9 heteroatoms. The highest BCUT2D eigenvalue weighted by atomic mass is 31.2. The van der Waals surface area contributed by atoms with Crippen LogP contribution in [0.5, 0.6) is 0 Å². The maximum atomic E-state index is 13.3. The third-order valence-corrected chi connectivity index (χ3v) is 7.64. The van der Waals surface area contributed by atoms with Gasteiger partial charge < -0.3 is 9.63 Å². The average Bonchev–Trinajstić information content (AvgIpc) is 3.21. The molecule has 1 saturated carbocycles. The van der Waals surface area contributed by atoms with Crippen molar-refractivity contribution in [2.24, 2.45) is 17.8 Å². The number of hydrogen-bond donors (Lipinski definition) is 1. The second-order valence-electron chi connectivity index (χ2n) is 7.73. The van der Waals surface area contributed by atoms with Crippen molar-refractivity contribution in [2.75, 3.05) is 18.1 Å². The summed E-state index contributed by atoms with van der Waals surface area (Å²) < 4.78 is 29.0. The van der Waals surface area contributed by atoms with Crippen LogP contribution in [0.25, 0.3) is 0 Å². The van der Waals surface area contributed by atoms with Crippen molar-refractivity contribution in [3.8, 4) is 0 Å². The molecule has 1 aliphatic heterocycles. The fourth-order valence-corrected chi connectivity index (χ4v) is 6.16. The van der Waals surface area contributed by atoms with Crippen LogP contribution >= 0.6 is 7.82 Å². The number of phosphoric acid groups is 1. The summed E-state index contributed by atoms with van der Waals surface area (Å²) in [4.78, 5) is 27.6. The van der Waals surface area contributed by atoms with Gasteiger partial charge in [-0.1, -0.05) is 18.2 Å². The van der Waals surface area contributed by atoms with Gasteiger partial charge in [-0.3, -0.25) is 18.6 Å². The minimum Gasteiger partial charge on any atom is -0.406 e. The Morgan fingerprint density at radius 2 is 1.80 bits per heavy atom. The van der Waals surface area contributed by atoms with Gasteiger partial charge in [0, 0.05) is 5.92 Å². The van der Waals surface area contributed by atoms with E-state index in [0.29, 0.717) is 24.9 Å². The molecule has 162 valence electrons. The Hall–Kier alpha value is -1.99. The minimum atomic E-state index is -3.96. The Balaban J connectivity index is 1.74. The summed E-state index contributed by atoms with van der Waals surface area (Å²) in [6.07, 6.45) is 3.01. The van der Waals surface area contributed by atoms with Crippen LogP contribution in [0.4, 0.5) is 5.69 Å². The summed E-state index contributed by atoms with van der Waals surface area (Å²) in [5.74, 6) is -2.69. The molecule has 0 spiro atoms. The number of carbonyl (C=O) groups is 2. The van der Waals surface area contributed by atoms with Crippen molar-refractivity contribution in [2.45, 2.75) is 38.7 Å². The second kappa shape index (κ2) is 7.93. The van der Waals surface area contributed by atoms with E-state index in [1.807, 2.05) is 6.07 Å². The third-order valence-electron chi connectivity index (χ3n) is 6.07. The van der Waals surface area contributed by atoms with Crippen LogP contribution in [0.2, 0.25) is 0 Å². The first-order valence-corrected chi connectivity index (χ1v) is 11.8. The van der Waals surface area contributed by atoms with Gasteiger partial charge in [0.1, 0.15) is 11.4 Å². The summed E-state index contributed by atoms with van der Waals surface area (Å²) in [7, 11) is -3.96. The predicted octanol–water partition coefficient (Wildman–Crippen LogP) is 3.42. The lowest BCUT2D eigenvalue weighted by Gasteiger charge is -2.40.